The summed E-state index contributed by atoms with van der Waals surface area (Å²) in [6.45, 7) is 2.04. The van der Waals surface area contributed by atoms with Crippen LogP contribution in [0.2, 0.25) is 0 Å². The number of sulfonamides is 1. The number of hydrogen-bond acceptors (Lipinski definition) is 5. The van der Waals surface area contributed by atoms with Gasteiger partial charge in [0.05, 0.1) is 27.9 Å². The van der Waals surface area contributed by atoms with E-state index in [1.54, 1.807) is 40.9 Å². The topological polar surface area (TPSA) is 90.3 Å². The van der Waals surface area contributed by atoms with Crippen molar-refractivity contribution < 1.29 is 13.2 Å². The molecule has 26 heavy (non-hydrogen) atoms. The summed E-state index contributed by atoms with van der Waals surface area (Å²) in [5.74, 6) is 0.764. The molecule has 2 aromatic rings. The molecule has 134 valence electrons. The molecule has 1 heterocycles. The molecule has 3 rings (SSSR count). The number of nitrogens with one attached hydrogen (secondary N) is 1. The van der Waals surface area contributed by atoms with Gasteiger partial charge in [-0.1, -0.05) is 6.07 Å². The maximum absolute atomic E-state index is 12.7. The van der Waals surface area contributed by atoms with Crippen molar-refractivity contribution in [1.29, 1.82) is 5.26 Å². The van der Waals surface area contributed by atoms with E-state index in [-0.39, 0.29) is 10.8 Å². The molecule has 1 aliphatic rings. The van der Waals surface area contributed by atoms with Crippen molar-refractivity contribution in [2.45, 2.75) is 23.1 Å². The first-order valence-electron chi connectivity index (χ1n) is 7.98. The Labute approximate surface area is 156 Å². The average Bonchev–Trinajstić information content (AvgIpc) is 2.83. The molecular weight excluding hydrogens is 370 g/mol. The van der Waals surface area contributed by atoms with Crippen LogP contribution in [0.25, 0.3) is 0 Å². The lowest BCUT2D eigenvalue weighted by molar-refractivity contribution is -0.116. The lowest BCUT2D eigenvalue weighted by Gasteiger charge is -2.21. The van der Waals surface area contributed by atoms with Crippen molar-refractivity contribution in [2.24, 2.45) is 0 Å². The molecule has 0 spiro atoms. The Morgan fingerprint density at radius 3 is 2.81 bits per heavy atom. The van der Waals surface area contributed by atoms with Crippen LogP contribution in [-0.2, 0) is 14.8 Å². The average molecular weight is 387 g/mol. The smallest absolute Gasteiger partial charge is 0.261 e. The zero-order chi connectivity index (χ0) is 18.7. The second-order valence-corrected chi connectivity index (χ2v) is 8.62. The molecule has 2 aromatic carbocycles. The molecular formula is C18H17N3O3S2. The maximum Gasteiger partial charge on any atom is 0.261 e. The first-order valence-corrected chi connectivity index (χ1v) is 10.5. The quantitative estimate of drug-likeness (QED) is 0.873. The van der Waals surface area contributed by atoms with Crippen LogP contribution >= 0.6 is 11.8 Å². The highest BCUT2D eigenvalue weighted by atomic mass is 32.2. The van der Waals surface area contributed by atoms with Gasteiger partial charge < -0.3 is 4.90 Å². The van der Waals surface area contributed by atoms with E-state index in [2.05, 4.69) is 4.72 Å². The fourth-order valence-electron chi connectivity index (χ4n) is 2.72. The molecule has 1 amide bonds. The molecule has 0 bridgehead atoms. The number of carbonyl (C=O) groups is 1. The predicted octanol–water partition coefficient (Wildman–Crippen LogP) is 3.21. The van der Waals surface area contributed by atoms with Gasteiger partial charge in [0.2, 0.25) is 5.91 Å². The molecule has 1 aliphatic heterocycles. The number of benzene rings is 2. The maximum atomic E-state index is 12.7. The summed E-state index contributed by atoms with van der Waals surface area (Å²) in [4.78, 5) is 14.5. The van der Waals surface area contributed by atoms with Gasteiger partial charge in [-0.2, -0.15) is 5.26 Å². The first-order chi connectivity index (χ1) is 12.4. The number of carbonyl (C=O) groups excluding carboxylic acids is 1. The minimum atomic E-state index is -3.84. The molecule has 0 aliphatic carbocycles. The van der Waals surface area contributed by atoms with Crippen molar-refractivity contribution in [2.75, 3.05) is 21.9 Å². The van der Waals surface area contributed by atoms with Crippen molar-refractivity contribution >= 4 is 39.1 Å². The number of amides is 1. The molecule has 8 heteroatoms. The number of anilines is 2. The van der Waals surface area contributed by atoms with Gasteiger partial charge in [-0.05, 0) is 48.6 Å². The van der Waals surface area contributed by atoms with Crippen LogP contribution in [0.4, 0.5) is 11.4 Å². The van der Waals surface area contributed by atoms with E-state index in [0.717, 1.165) is 17.1 Å². The summed E-state index contributed by atoms with van der Waals surface area (Å²) in [6.07, 6.45) is 0.847. The van der Waals surface area contributed by atoms with Crippen LogP contribution < -0.4 is 9.62 Å². The molecule has 0 saturated carbocycles. The summed E-state index contributed by atoms with van der Waals surface area (Å²) in [7, 11) is -3.84. The molecule has 0 atom stereocenters. The third-order valence-corrected chi connectivity index (χ3v) is 6.47. The van der Waals surface area contributed by atoms with E-state index >= 15 is 0 Å². The third kappa shape index (κ3) is 3.84. The summed E-state index contributed by atoms with van der Waals surface area (Å²) in [5.41, 5.74) is 1.30. The second-order valence-electron chi connectivity index (χ2n) is 5.80. The SMILES string of the molecule is CC(=O)N1CCCSc2ccc(S(=O)(=O)Nc3cccc(C#N)c3)cc21. The van der Waals surface area contributed by atoms with E-state index in [0.29, 0.717) is 23.5 Å². The monoisotopic (exact) mass is 387 g/mol. The Morgan fingerprint density at radius 2 is 2.08 bits per heavy atom. The first kappa shape index (κ1) is 18.3. The molecule has 0 radical (unpaired) electrons. The highest BCUT2D eigenvalue weighted by Crippen LogP contribution is 2.36. The Balaban J connectivity index is 1.98. The molecule has 0 fully saturated rings. The lowest BCUT2D eigenvalue weighted by Crippen LogP contribution is -2.29. The van der Waals surface area contributed by atoms with Crippen molar-refractivity contribution in [3.63, 3.8) is 0 Å². The van der Waals surface area contributed by atoms with Gasteiger partial charge in [0.15, 0.2) is 0 Å². The molecule has 0 aromatic heterocycles. The highest BCUT2D eigenvalue weighted by Gasteiger charge is 2.23. The Hall–Kier alpha value is -2.50. The van der Waals surface area contributed by atoms with Gasteiger partial charge in [-0.3, -0.25) is 9.52 Å². The standard InChI is InChI=1S/C18H17N3O3S2/c1-13(22)21-8-3-9-25-18-7-6-16(11-17(18)21)26(23,24)20-15-5-2-4-14(10-15)12-19/h2,4-7,10-11,20H,3,8-9H2,1H3. The second kappa shape index (κ2) is 7.40. The minimum Gasteiger partial charge on any atom is -0.311 e. The Morgan fingerprint density at radius 1 is 1.27 bits per heavy atom. The zero-order valence-corrected chi connectivity index (χ0v) is 15.7. The Kier molecular flexibility index (Phi) is 5.20. The van der Waals surface area contributed by atoms with E-state index < -0.39 is 10.0 Å². The highest BCUT2D eigenvalue weighted by molar-refractivity contribution is 7.99. The van der Waals surface area contributed by atoms with Crippen LogP contribution in [0.5, 0.6) is 0 Å². The number of nitrogens with zero attached hydrogens (tertiary/aromatic N) is 2. The molecule has 6 nitrogen and oxygen atoms in total. The largest absolute Gasteiger partial charge is 0.311 e. The summed E-state index contributed by atoms with van der Waals surface area (Å²) in [6, 6.07) is 13.0. The van der Waals surface area contributed by atoms with Crippen molar-refractivity contribution in [1.82, 2.24) is 0 Å². The van der Waals surface area contributed by atoms with Crippen LogP contribution in [0, 0.1) is 11.3 Å². The number of fused-ring (bicyclic) bond motifs is 1. The van der Waals surface area contributed by atoms with Crippen molar-refractivity contribution in [3.8, 4) is 6.07 Å². The number of hydrogen-bond donors (Lipinski definition) is 1. The normalized spacial score (nSPS) is 14.1. The lowest BCUT2D eigenvalue weighted by atomic mass is 10.2. The summed E-state index contributed by atoms with van der Waals surface area (Å²) in [5, 5.41) is 8.95. The minimum absolute atomic E-state index is 0.0763. The van der Waals surface area contributed by atoms with Gasteiger partial charge >= 0.3 is 0 Å². The van der Waals surface area contributed by atoms with Crippen LogP contribution in [-0.4, -0.2) is 26.6 Å². The van der Waals surface area contributed by atoms with E-state index in [4.69, 9.17) is 5.26 Å². The fourth-order valence-corrected chi connectivity index (χ4v) is 4.76. The van der Waals surface area contributed by atoms with E-state index in [1.807, 2.05) is 6.07 Å². The predicted molar refractivity (Wildman–Crippen MR) is 102 cm³/mol. The van der Waals surface area contributed by atoms with E-state index in [9.17, 15) is 13.2 Å². The molecule has 0 unspecified atom stereocenters. The van der Waals surface area contributed by atoms with Crippen molar-refractivity contribution in [3.05, 3.63) is 48.0 Å². The summed E-state index contributed by atoms with van der Waals surface area (Å²) < 4.78 is 28.0. The summed E-state index contributed by atoms with van der Waals surface area (Å²) >= 11 is 1.61. The fraction of sp³-hybridized carbons (Fsp3) is 0.222. The van der Waals surface area contributed by atoms with Gasteiger partial charge in [-0.15, -0.1) is 11.8 Å². The van der Waals surface area contributed by atoms with E-state index in [1.165, 1.54) is 25.1 Å². The number of rotatable bonds is 3. The van der Waals surface area contributed by atoms with Gasteiger partial charge in [-0.25, -0.2) is 8.42 Å². The molecule has 1 N–H and O–H groups in total. The van der Waals surface area contributed by atoms with Crippen LogP contribution in [0.15, 0.2) is 52.3 Å². The van der Waals surface area contributed by atoms with Crippen LogP contribution in [0.3, 0.4) is 0 Å². The number of nitriles is 1. The van der Waals surface area contributed by atoms with Gasteiger partial charge in [0, 0.05) is 18.4 Å². The zero-order valence-electron chi connectivity index (χ0n) is 14.1. The third-order valence-electron chi connectivity index (χ3n) is 3.94. The van der Waals surface area contributed by atoms with Gasteiger partial charge in [0.25, 0.3) is 10.0 Å². The van der Waals surface area contributed by atoms with Gasteiger partial charge in [0.1, 0.15) is 0 Å². The number of thioether (sulfide) groups is 1. The molecule has 0 saturated heterocycles. The Bertz CT molecular complexity index is 997. The van der Waals surface area contributed by atoms with Crippen LogP contribution in [0.1, 0.15) is 18.9 Å².